The third kappa shape index (κ3) is 4.77. The highest BCUT2D eigenvalue weighted by Crippen LogP contribution is 2.29. The average molecular weight is 366 g/mol. The molecule has 1 amide bonds. The van der Waals surface area contributed by atoms with Gasteiger partial charge in [0.05, 0.1) is 14.2 Å². The Hall–Kier alpha value is -2.93. The first-order valence-corrected chi connectivity index (χ1v) is 7.50. The lowest BCUT2D eigenvalue weighted by Crippen LogP contribution is -2.21. The first-order chi connectivity index (χ1) is 11.9. The normalized spacial score (nSPS) is 10.0. The van der Waals surface area contributed by atoms with Gasteiger partial charge in [0.1, 0.15) is 11.3 Å². The minimum Gasteiger partial charge on any atom is -0.507 e. The number of ether oxygens (including phenoxy) is 3. The highest BCUT2D eigenvalue weighted by atomic mass is 35.5. The van der Waals surface area contributed by atoms with E-state index in [2.05, 4.69) is 5.32 Å². The number of carbonyl (C=O) groups is 2. The Morgan fingerprint density at radius 2 is 1.80 bits per heavy atom. The molecule has 0 heterocycles. The number of anilines is 1. The third-order valence-electron chi connectivity index (χ3n) is 3.18. The Kier molecular flexibility index (Phi) is 6.08. The molecule has 0 bridgehead atoms. The molecule has 0 unspecified atom stereocenters. The van der Waals surface area contributed by atoms with Crippen LogP contribution in [0.25, 0.3) is 0 Å². The Bertz CT molecular complexity index is 793. The second-order valence-electron chi connectivity index (χ2n) is 4.86. The quantitative estimate of drug-likeness (QED) is 0.764. The molecular weight excluding hydrogens is 350 g/mol. The van der Waals surface area contributed by atoms with Gasteiger partial charge in [-0.05, 0) is 30.3 Å². The van der Waals surface area contributed by atoms with Crippen molar-refractivity contribution in [3.63, 3.8) is 0 Å². The first kappa shape index (κ1) is 18.4. The fraction of sp³-hybridized carbons (Fsp3) is 0.176. The summed E-state index contributed by atoms with van der Waals surface area (Å²) in [5.74, 6) is -0.733. The van der Waals surface area contributed by atoms with Gasteiger partial charge in [0.2, 0.25) is 0 Å². The van der Waals surface area contributed by atoms with Gasteiger partial charge in [-0.1, -0.05) is 11.6 Å². The molecule has 8 heteroatoms. The minimum atomic E-state index is -0.859. The summed E-state index contributed by atoms with van der Waals surface area (Å²) < 4.78 is 15.1. The average Bonchev–Trinajstić information content (AvgIpc) is 2.61. The van der Waals surface area contributed by atoms with Crippen LogP contribution in [0, 0.1) is 0 Å². The summed E-state index contributed by atoms with van der Waals surface area (Å²) in [7, 11) is 2.98. The lowest BCUT2D eigenvalue weighted by atomic mass is 10.2. The zero-order valence-electron chi connectivity index (χ0n) is 13.5. The lowest BCUT2D eigenvalue weighted by Gasteiger charge is -2.11. The Balaban J connectivity index is 1.96. The minimum absolute atomic E-state index is 0.119. The van der Waals surface area contributed by atoms with Crippen molar-refractivity contribution in [3.8, 4) is 17.2 Å². The van der Waals surface area contributed by atoms with Crippen molar-refractivity contribution in [1.29, 1.82) is 0 Å². The fourth-order valence-corrected chi connectivity index (χ4v) is 2.16. The number of amides is 1. The topological polar surface area (TPSA) is 94.1 Å². The van der Waals surface area contributed by atoms with Crippen molar-refractivity contribution < 1.29 is 28.9 Å². The van der Waals surface area contributed by atoms with Crippen LogP contribution in [0.4, 0.5) is 5.69 Å². The van der Waals surface area contributed by atoms with Crippen LogP contribution in [0.3, 0.4) is 0 Å². The monoisotopic (exact) mass is 365 g/mol. The standard InChI is InChI=1S/C17H16ClNO6/c1-23-14-6-4-11(8-15(14)24-2)19-16(21)9-25-17(22)12-7-10(18)3-5-13(12)20/h3-8,20H,9H2,1-2H3,(H,19,21). The molecule has 0 aliphatic heterocycles. The molecule has 0 saturated heterocycles. The van der Waals surface area contributed by atoms with Crippen molar-refractivity contribution in [3.05, 3.63) is 47.0 Å². The van der Waals surface area contributed by atoms with Crippen LogP contribution in [-0.2, 0) is 9.53 Å². The van der Waals surface area contributed by atoms with Crippen LogP contribution in [0.5, 0.6) is 17.2 Å². The second kappa shape index (κ2) is 8.25. The van der Waals surface area contributed by atoms with Gasteiger partial charge in [0.15, 0.2) is 18.1 Å². The SMILES string of the molecule is COc1ccc(NC(=O)COC(=O)c2cc(Cl)ccc2O)cc1OC. The zero-order chi connectivity index (χ0) is 18.4. The van der Waals surface area contributed by atoms with E-state index in [1.54, 1.807) is 18.2 Å². The predicted octanol–water partition coefficient (Wildman–Crippen LogP) is 2.86. The van der Waals surface area contributed by atoms with Crippen molar-refractivity contribution in [2.75, 3.05) is 26.1 Å². The number of methoxy groups -OCH3 is 2. The fourth-order valence-electron chi connectivity index (χ4n) is 1.99. The molecule has 2 aromatic rings. The number of aromatic hydroxyl groups is 1. The van der Waals surface area contributed by atoms with Crippen LogP contribution in [0.1, 0.15) is 10.4 Å². The number of halogens is 1. The highest BCUT2D eigenvalue weighted by molar-refractivity contribution is 6.31. The number of rotatable bonds is 6. The highest BCUT2D eigenvalue weighted by Gasteiger charge is 2.15. The van der Waals surface area contributed by atoms with Gasteiger partial charge >= 0.3 is 5.97 Å². The van der Waals surface area contributed by atoms with E-state index in [-0.39, 0.29) is 16.3 Å². The van der Waals surface area contributed by atoms with Gasteiger partial charge in [0.25, 0.3) is 5.91 Å². The van der Waals surface area contributed by atoms with E-state index in [9.17, 15) is 14.7 Å². The molecule has 0 spiro atoms. The molecule has 0 aromatic heterocycles. The summed E-state index contributed by atoms with van der Waals surface area (Å²) in [6.07, 6.45) is 0. The van der Waals surface area contributed by atoms with Crippen LogP contribution < -0.4 is 14.8 Å². The summed E-state index contributed by atoms with van der Waals surface area (Å²) in [5.41, 5.74) is 0.329. The van der Waals surface area contributed by atoms with Crippen molar-refractivity contribution in [2.24, 2.45) is 0 Å². The summed E-state index contributed by atoms with van der Waals surface area (Å²) in [6.45, 7) is -0.529. The zero-order valence-corrected chi connectivity index (χ0v) is 14.3. The van der Waals surface area contributed by atoms with Crippen molar-refractivity contribution >= 4 is 29.2 Å². The number of phenols is 1. The van der Waals surface area contributed by atoms with E-state index in [1.807, 2.05) is 0 Å². The number of benzene rings is 2. The molecule has 25 heavy (non-hydrogen) atoms. The van der Waals surface area contributed by atoms with E-state index in [0.29, 0.717) is 17.2 Å². The van der Waals surface area contributed by atoms with E-state index >= 15 is 0 Å². The Morgan fingerprint density at radius 1 is 1.08 bits per heavy atom. The van der Waals surface area contributed by atoms with Crippen molar-refractivity contribution in [2.45, 2.75) is 0 Å². The smallest absolute Gasteiger partial charge is 0.342 e. The maximum absolute atomic E-state index is 11.9. The van der Waals surface area contributed by atoms with Gasteiger partial charge in [-0.15, -0.1) is 0 Å². The number of nitrogens with one attached hydrogen (secondary N) is 1. The molecule has 2 rings (SSSR count). The molecular formula is C17H16ClNO6. The van der Waals surface area contributed by atoms with Crippen LogP contribution >= 0.6 is 11.6 Å². The molecule has 2 aromatic carbocycles. The molecule has 0 aliphatic rings. The second-order valence-corrected chi connectivity index (χ2v) is 5.29. The molecule has 0 aliphatic carbocycles. The van der Waals surface area contributed by atoms with Gasteiger partial charge in [-0.25, -0.2) is 4.79 Å². The Morgan fingerprint density at radius 3 is 2.48 bits per heavy atom. The first-order valence-electron chi connectivity index (χ1n) is 7.12. The Labute approximate surface area is 149 Å². The molecule has 0 saturated carbocycles. The number of phenolic OH excluding ortho intramolecular Hbond substituents is 1. The molecule has 132 valence electrons. The van der Waals surface area contributed by atoms with Gasteiger partial charge in [0, 0.05) is 16.8 Å². The number of carbonyl (C=O) groups excluding carboxylic acids is 2. The van der Waals surface area contributed by atoms with Crippen LogP contribution in [0.2, 0.25) is 5.02 Å². The van der Waals surface area contributed by atoms with Gasteiger partial charge in [-0.3, -0.25) is 4.79 Å². The molecule has 2 N–H and O–H groups in total. The van der Waals surface area contributed by atoms with E-state index in [4.69, 9.17) is 25.8 Å². The van der Waals surface area contributed by atoms with Crippen molar-refractivity contribution in [1.82, 2.24) is 0 Å². The predicted molar refractivity (Wildman–Crippen MR) is 91.6 cm³/mol. The maximum atomic E-state index is 11.9. The van der Waals surface area contributed by atoms with E-state index in [0.717, 1.165) is 0 Å². The van der Waals surface area contributed by atoms with E-state index < -0.39 is 18.5 Å². The molecule has 0 fully saturated rings. The maximum Gasteiger partial charge on any atom is 0.342 e. The summed E-state index contributed by atoms with van der Waals surface area (Å²) in [6, 6.07) is 8.77. The summed E-state index contributed by atoms with van der Waals surface area (Å²) >= 11 is 5.76. The summed E-state index contributed by atoms with van der Waals surface area (Å²) in [5, 5.41) is 12.5. The largest absolute Gasteiger partial charge is 0.507 e. The van der Waals surface area contributed by atoms with E-state index in [1.165, 1.54) is 32.4 Å². The lowest BCUT2D eigenvalue weighted by molar-refractivity contribution is -0.119. The summed E-state index contributed by atoms with van der Waals surface area (Å²) in [4.78, 5) is 23.8. The molecule has 7 nitrogen and oxygen atoms in total. The molecule has 0 atom stereocenters. The van der Waals surface area contributed by atoms with Gasteiger partial charge in [-0.2, -0.15) is 0 Å². The number of esters is 1. The van der Waals surface area contributed by atoms with Crippen LogP contribution in [-0.4, -0.2) is 37.8 Å². The van der Waals surface area contributed by atoms with Gasteiger partial charge < -0.3 is 24.6 Å². The third-order valence-corrected chi connectivity index (χ3v) is 3.42. The van der Waals surface area contributed by atoms with Crippen LogP contribution in [0.15, 0.2) is 36.4 Å². The number of hydrogen-bond acceptors (Lipinski definition) is 6. The number of hydrogen-bond donors (Lipinski definition) is 2. The molecule has 0 radical (unpaired) electrons.